The van der Waals surface area contributed by atoms with Crippen LogP contribution in [0.5, 0.6) is 0 Å². The van der Waals surface area contributed by atoms with Gasteiger partial charge in [-0.15, -0.1) is 0 Å². The van der Waals surface area contributed by atoms with Gasteiger partial charge in [-0.25, -0.2) is 4.79 Å². The summed E-state index contributed by atoms with van der Waals surface area (Å²) in [6.07, 6.45) is 2.10. The lowest BCUT2D eigenvalue weighted by molar-refractivity contribution is -0.134. The van der Waals surface area contributed by atoms with E-state index in [1.807, 2.05) is 91.0 Å². The average Bonchev–Trinajstić information content (AvgIpc) is 3.67. The molecule has 3 aromatic rings. The maximum Gasteiger partial charge on any atom is 0.326 e. The topological polar surface area (TPSA) is 78.5 Å². The van der Waals surface area contributed by atoms with Gasteiger partial charge in [-0.3, -0.25) is 14.5 Å². The van der Waals surface area contributed by atoms with Gasteiger partial charge in [0.1, 0.15) is 6.54 Å². The zero-order chi connectivity index (χ0) is 22.8. The number of nitrogens with one attached hydrogen (secondary N) is 2. The first-order valence-corrected chi connectivity index (χ1v) is 11.2. The summed E-state index contributed by atoms with van der Waals surface area (Å²) < 4.78 is 0. The summed E-state index contributed by atoms with van der Waals surface area (Å²) in [4.78, 5) is 40.8. The maximum atomic E-state index is 13.7. The summed E-state index contributed by atoms with van der Waals surface area (Å²) in [6.45, 7) is -0.331. The van der Waals surface area contributed by atoms with Crippen LogP contribution in [0.1, 0.15) is 35.6 Å². The first kappa shape index (κ1) is 20.9. The highest BCUT2D eigenvalue weighted by Gasteiger charge is 2.54. The van der Waals surface area contributed by atoms with Gasteiger partial charge in [-0.1, -0.05) is 91.0 Å². The Hall–Kier alpha value is -3.93. The summed E-state index contributed by atoms with van der Waals surface area (Å²) in [7, 11) is 0. The molecule has 33 heavy (non-hydrogen) atoms. The Balaban J connectivity index is 1.41. The molecule has 6 nitrogen and oxygen atoms in total. The molecule has 6 heteroatoms. The van der Waals surface area contributed by atoms with E-state index in [1.54, 1.807) is 0 Å². The Morgan fingerprint density at radius 2 is 1.39 bits per heavy atom. The predicted octanol–water partition coefficient (Wildman–Crippen LogP) is 3.75. The van der Waals surface area contributed by atoms with E-state index in [9.17, 15) is 14.4 Å². The normalized spacial score (nSPS) is 18.0. The molecule has 1 atom stereocenters. The minimum absolute atomic E-state index is 0.118. The monoisotopic (exact) mass is 439 g/mol. The number of carbonyl (C=O) groups excluding carboxylic acids is 3. The van der Waals surface area contributed by atoms with Crippen molar-refractivity contribution in [3.63, 3.8) is 0 Å². The number of hydrogen-bond donors (Lipinski definition) is 2. The molecular formula is C27H25N3O3. The largest absolute Gasteiger partial charge is 0.347 e. The van der Waals surface area contributed by atoms with Gasteiger partial charge >= 0.3 is 6.03 Å². The molecule has 1 heterocycles. The highest BCUT2D eigenvalue weighted by molar-refractivity contribution is 6.11. The van der Waals surface area contributed by atoms with Crippen molar-refractivity contribution in [3.8, 4) is 0 Å². The lowest BCUT2D eigenvalue weighted by Crippen LogP contribution is -2.46. The molecule has 1 saturated carbocycles. The number of nitrogens with zero attached hydrogens (tertiary/aromatic N) is 1. The van der Waals surface area contributed by atoms with E-state index in [4.69, 9.17) is 0 Å². The number of benzene rings is 3. The number of imide groups is 1. The molecule has 4 amide bonds. The molecule has 0 spiro atoms. The minimum Gasteiger partial charge on any atom is -0.347 e. The van der Waals surface area contributed by atoms with Crippen LogP contribution in [0.3, 0.4) is 0 Å². The summed E-state index contributed by atoms with van der Waals surface area (Å²) in [5, 5.41) is 5.94. The predicted molar refractivity (Wildman–Crippen MR) is 124 cm³/mol. The van der Waals surface area contributed by atoms with E-state index in [2.05, 4.69) is 10.6 Å². The molecule has 3 aromatic carbocycles. The summed E-state index contributed by atoms with van der Waals surface area (Å²) in [6, 6.07) is 27.4. The zero-order valence-corrected chi connectivity index (χ0v) is 18.1. The maximum absolute atomic E-state index is 13.7. The fraction of sp³-hybridized carbons (Fsp3) is 0.222. The molecule has 1 aliphatic heterocycles. The number of rotatable bonds is 7. The van der Waals surface area contributed by atoms with Crippen molar-refractivity contribution in [1.82, 2.24) is 15.5 Å². The van der Waals surface area contributed by atoms with Gasteiger partial charge in [-0.2, -0.15) is 0 Å². The molecule has 1 unspecified atom stereocenters. The summed E-state index contributed by atoms with van der Waals surface area (Å²) >= 11 is 0. The van der Waals surface area contributed by atoms with Crippen molar-refractivity contribution >= 4 is 17.8 Å². The van der Waals surface area contributed by atoms with E-state index >= 15 is 0 Å². The molecule has 0 bridgehead atoms. The Bertz CT molecular complexity index is 1120. The summed E-state index contributed by atoms with van der Waals surface area (Å²) in [5.41, 5.74) is 0.971. The van der Waals surface area contributed by atoms with Crippen molar-refractivity contribution in [1.29, 1.82) is 0 Å². The highest BCUT2D eigenvalue weighted by Crippen LogP contribution is 2.41. The number of urea groups is 1. The molecule has 2 aliphatic rings. The van der Waals surface area contributed by atoms with Gasteiger partial charge in [0, 0.05) is 0 Å². The van der Waals surface area contributed by atoms with Gasteiger partial charge in [0.05, 0.1) is 6.04 Å². The van der Waals surface area contributed by atoms with Crippen LogP contribution >= 0.6 is 0 Å². The van der Waals surface area contributed by atoms with E-state index < -0.39 is 17.5 Å². The molecule has 0 aromatic heterocycles. The third kappa shape index (κ3) is 3.89. The fourth-order valence-electron chi connectivity index (χ4n) is 4.58. The van der Waals surface area contributed by atoms with E-state index in [0.717, 1.165) is 23.3 Å². The molecule has 1 aliphatic carbocycles. The standard InChI is InChI=1S/C27H25N3O3/c31-23(28-24(20-16-17-20)19-10-4-1-5-11-19)18-30-25(32)27(29-26(30)33,21-12-6-2-7-13-21)22-14-8-3-9-15-22/h1-15,20,24H,16-18H2,(H,28,31)(H,29,33). The Morgan fingerprint density at radius 1 is 0.879 bits per heavy atom. The van der Waals surface area contributed by atoms with Crippen LogP contribution in [0.2, 0.25) is 0 Å². The van der Waals surface area contributed by atoms with E-state index in [-0.39, 0.29) is 18.5 Å². The molecule has 2 N–H and O–H groups in total. The SMILES string of the molecule is O=C(CN1C(=O)NC(c2ccccc2)(c2ccccc2)C1=O)NC(c1ccccc1)C1CC1. The van der Waals surface area contributed by atoms with Crippen LogP contribution in [0.4, 0.5) is 4.79 Å². The fourth-order valence-corrected chi connectivity index (χ4v) is 4.58. The molecule has 5 rings (SSSR count). The lowest BCUT2D eigenvalue weighted by Gasteiger charge is -2.28. The van der Waals surface area contributed by atoms with E-state index in [1.165, 1.54) is 0 Å². The second-order valence-corrected chi connectivity index (χ2v) is 8.60. The third-order valence-electron chi connectivity index (χ3n) is 6.39. The average molecular weight is 440 g/mol. The van der Waals surface area contributed by atoms with Crippen LogP contribution in [0.15, 0.2) is 91.0 Å². The van der Waals surface area contributed by atoms with Gasteiger partial charge in [0.25, 0.3) is 5.91 Å². The number of carbonyl (C=O) groups is 3. The van der Waals surface area contributed by atoms with Crippen LogP contribution in [-0.4, -0.2) is 29.3 Å². The van der Waals surface area contributed by atoms with Crippen LogP contribution in [0.25, 0.3) is 0 Å². The van der Waals surface area contributed by atoms with Crippen molar-refractivity contribution in [2.24, 2.45) is 5.92 Å². The van der Waals surface area contributed by atoms with Crippen LogP contribution < -0.4 is 10.6 Å². The first-order valence-electron chi connectivity index (χ1n) is 11.2. The number of amides is 4. The van der Waals surface area contributed by atoms with Gasteiger partial charge < -0.3 is 10.6 Å². The van der Waals surface area contributed by atoms with Crippen molar-refractivity contribution in [3.05, 3.63) is 108 Å². The number of hydrogen-bond acceptors (Lipinski definition) is 3. The second kappa shape index (κ2) is 8.54. The molecule has 166 valence electrons. The van der Waals surface area contributed by atoms with E-state index in [0.29, 0.717) is 17.0 Å². The second-order valence-electron chi connectivity index (χ2n) is 8.60. The molecule has 1 saturated heterocycles. The Labute approximate surface area is 192 Å². The van der Waals surface area contributed by atoms with Gasteiger partial charge in [-0.05, 0) is 35.4 Å². The smallest absolute Gasteiger partial charge is 0.326 e. The zero-order valence-electron chi connectivity index (χ0n) is 18.1. The Kier molecular flexibility index (Phi) is 5.42. The highest BCUT2D eigenvalue weighted by atomic mass is 16.2. The van der Waals surface area contributed by atoms with Gasteiger partial charge in [0.15, 0.2) is 5.54 Å². The third-order valence-corrected chi connectivity index (χ3v) is 6.39. The van der Waals surface area contributed by atoms with Crippen molar-refractivity contribution in [2.75, 3.05) is 6.54 Å². The van der Waals surface area contributed by atoms with Crippen LogP contribution in [0, 0.1) is 5.92 Å². The lowest BCUT2D eigenvalue weighted by atomic mass is 9.82. The van der Waals surface area contributed by atoms with Crippen molar-refractivity contribution in [2.45, 2.75) is 24.4 Å². The molecular weight excluding hydrogens is 414 g/mol. The van der Waals surface area contributed by atoms with Crippen molar-refractivity contribution < 1.29 is 14.4 Å². The Morgan fingerprint density at radius 3 is 1.91 bits per heavy atom. The summed E-state index contributed by atoms with van der Waals surface area (Å²) in [5.74, 6) is -0.425. The first-order chi connectivity index (χ1) is 16.1. The molecule has 0 radical (unpaired) electrons. The molecule has 2 fully saturated rings. The van der Waals surface area contributed by atoms with Crippen LogP contribution in [-0.2, 0) is 15.1 Å². The van der Waals surface area contributed by atoms with Gasteiger partial charge in [0.2, 0.25) is 5.91 Å². The minimum atomic E-state index is -1.37. The quantitative estimate of drug-likeness (QED) is 0.551.